The van der Waals surface area contributed by atoms with Crippen LogP contribution in [-0.4, -0.2) is 34.4 Å². The third-order valence-corrected chi connectivity index (χ3v) is 5.10. The number of benzene rings is 2. The van der Waals surface area contributed by atoms with Gasteiger partial charge in [-0.25, -0.2) is 0 Å². The van der Waals surface area contributed by atoms with Crippen LogP contribution in [0.3, 0.4) is 0 Å². The summed E-state index contributed by atoms with van der Waals surface area (Å²) in [5.41, 5.74) is 5.98. The van der Waals surface area contributed by atoms with E-state index in [0.29, 0.717) is 4.90 Å². The number of carbonyl (C=O) groups excluding carboxylic acids is 2. The Balaban J connectivity index is 2.09. The molecule has 1 unspecified atom stereocenters. The third kappa shape index (κ3) is 4.60. The monoisotopic (exact) mass is 373 g/mol. The number of primary amides is 1. The summed E-state index contributed by atoms with van der Waals surface area (Å²) in [5.74, 6) is -0.846. The lowest BCUT2D eigenvalue weighted by Gasteiger charge is -2.25. The maximum absolute atomic E-state index is 12.4. The quantitative estimate of drug-likeness (QED) is 0.456. The van der Waals surface area contributed by atoms with Gasteiger partial charge in [0.05, 0.1) is 21.6 Å². The minimum atomic E-state index is -0.739. The molecule has 8 heteroatoms. The predicted molar refractivity (Wildman–Crippen MR) is 100.0 cm³/mol. The van der Waals surface area contributed by atoms with Crippen LogP contribution in [0.5, 0.6) is 0 Å². The Morgan fingerprint density at radius 1 is 1.23 bits per heavy atom. The summed E-state index contributed by atoms with van der Waals surface area (Å²) in [6.45, 7) is 1.92. The van der Waals surface area contributed by atoms with Gasteiger partial charge in [0.15, 0.2) is 0 Å². The maximum atomic E-state index is 12.4. The van der Waals surface area contributed by atoms with Gasteiger partial charge in [-0.05, 0) is 24.6 Å². The topological polar surface area (TPSA) is 107 Å². The molecule has 0 bridgehead atoms. The molecule has 2 aromatic rings. The molecule has 0 heterocycles. The fraction of sp³-hybridized carbons (Fsp3) is 0.222. The van der Waals surface area contributed by atoms with Crippen molar-refractivity contribution in [2.45, 2.75) is 17.9 Å². The van der Waals surface area contributed by atoms with Crippen LogP contribution in [0.1, 0.15) is 28.9 Å². The summed E-state index contributed by atoms with van der Waals surface area (Å²) in [6.07, 6.45) is 0. The standard InChI is InChI=1S/C18H19N3O4S/c1-12(13-6-4-3-5-7-13)20(2)17(22)11-26-16-9-8-14(18(19)23)10-15(16)21(24)25/h3-10,12H,11H2,1-2H3,(H2,19,23). The van der Waals surface area contributed by atoms with Gasteiger partial charge >= 0.3 is 0 Å². The number of carbonyl (C=O) groups is 2. The molecule has 2 N–H and O–H groups in total. The molecule has 2 aromatic carbocycles. The van der Waals surface area contributed by atoms with Crippen LogP contribution in [0.25, 0.3) is 0 Å². The van der Waals surface area contributed by atoms with Crippen LogP contribution in [0.2, 0.25) is 0 Å². The molecule has 0 saturated carbocycles. The highest BCUT2D eigenvalue weighted by Crippen LogP contribution is 2.31. The van der Waals surface area contributed by atoms with Crippen molar-refractivity contribution < 1.29 is 14.5 Å². The second-order valence-corrected chi connectivity index (χ2v) is 6.70. The molecule has 0 radical (unpaired) electrons. The summed E-state index contributed by atoms with van der Waals surface area (Å²) in [7, 11) is 1.70. The highest BCUT2D eigenvalue weighted by atomic mass is 32.2. The van der Waals surface area contributed by atoms with Crippen molar-refractivity contribution in [2.75, 3.05) is 12.8 Å². The lowest BCUT2D eigenvalue weighted by atomic mass is 10.1. The predicted octanol–water partition coefficient (Wildman–Crippen LogP) is 3.01. The molecule has 2 amide bonds. The zero-order valence-corrected chi connectivity index (χ0v) is 15.2. The molecule has 136 valence electrons. The Morgan fingerprint density at radius 3 is 2.46 bits per heavy atom. The third-order valence-electron chi connectivity index (χ3n) is 4.05. The zero-order chi connectivity index (χ0) is 19.3. The van der Waals surface area contributed by atoms with E-state index in [4.69, 9.17) is 5.73 Å². The SMILES string of the molecule is CC(c1ccccc1)N(C)C(=O)CSc1ccc(C(N)=O)cc1[N+](=O)[O-]. The van der Waals surface area contributed by atoms with Crippen LogP contribution < -0.4 is 5.73 Å². The number of nitro benzene ring substituents is 1. The molecule has 26 heavy (non-hydrogen) atoms. The van der Waals surface area contributed by atoms with E-state index in [2.05, 4.69) is 0 Å². The van der Waals surface area contributed by atoms with E-state index in [-0.39, 0.29) is 29.0 Å². The molecule has 0 spiro atoms. The van der Waals surface area contributed by atoms with E-state index in [1.165, 1.54) is 12.1 Å². The van der Waals surface area contributed by atoms with Crippen LogP contribution in [0.15, 0.2) is 53.4 Å². The van der Waals surface area contributed by atoms with E-state index in [1.54, 1.807) is 11.9 Å². The first-order chi connectivity index (χ1) is 12.3. The lowest BCUT2D eigenvalue weighted by Crippen LogP contribution is -2.31. The van der Waals surface area contributed by atoms with Crippen LogP contribution >= 0.6 is 11.8 Å². The van der Waals surface area contributed by atoms with Gasteiger partial charge in [0, 0.05) is 18.7 Å². The van der Waals surface area contributed by atoms with Crippen molar-refractivity contribution >= 4 is 29.3 Å². The van der Waals surface area contributed by atoms with Crippen molar-refractivity contribution in [1.82, 2.24) is 4.90 Å². The van der Waals surface area contributed by atoms with Crippen molar-refractivity contribution in [2.24, 2.45) is 5.73 Å². The minimum Gasteiger partial charge on any atom is -0.366 e. The molecule has 0 saturated heterocycles. The van der Waals surface area contributed by atoms with E-state index < -0.39 is 10.8 Å². The molecule has 0 aromatic heterocycles. The van der Waals surface area contributed by atoms with Gasteiger partial charge in [0.1, 0.15) is 0 Å². The van der Waals surface area contributed by atoms with E-state index in [1.807, 2.05) is 37.3 Å². The Morgan fingerprint density at radius 2 is 1.88 bits per heavy atom. The average molecular weight is 373 g/mol. The zero-order valence-electron chi connectivity index (χ0n) is 14.4. The summed E-state index contributed by atoms with van der Waals surface area (Å²) in [5, 5.41) is 11.2. The van der Waals surface area contributed by atoms with Gasteiger partial charge in [-0.1, -0.05) is 30.3 Å². The molecule has 2 rings (SSSR count). The van der Waals surface area contributed by atoms with Crippen molar-refractivity contribution in [1.29, 1.82) is 0 Å². The first-order valence-corrected chi connectivity index (χ1v) is 8.81. The van der Waals surface area contributed by atoms with E-state index in [9.17, 15) is 19.7 Å². The average Bonchev–Trinajstić information content (AvgIpc) is 2.65. The summed E-state index contributed by atoms with van der Waals surface area (Å²) < 4.78 is 0. The first kappa shape index (κ1) is 19.5. The van der Waals surface area contributed by atoms with Gasteiger partial charge < -0.3 is 10.6 Å². The van der Waals surface area contributed by atoms with Gasteiger partial charge in [-0.3, -0.25) is 19.7 Å². The van der Waals surface area contributed by atoms with E-state index >= 15 is 0 Å². The van der Waals surface area contributed by atoms with Gasteiger partial charge in [-0.15, -0.1) is 11.8 Å². The number of nitrogens with two attached hydrogens (primary N) is 1. The highest BCUT2D eigenvalue weighted by Gasteiger charge is 2.21. The van der Waals surface area contributed by atoms with E-state index in [0.717, 1.165) is 23.4 Å². The fourth-order valence-electron chi connectivity index (χ4n) is 2.35. The number of nitro groups is 1. The second-order valence-electron chi connectivity index (χ2n) is 5.68. The number of amides is 2. The lowest BCUT2D eigenvalue weighted by molar-refractivity contribution is -0.387. The van der Waals surface area contributed by atoms with Crippen LogP contribution in [-0.2, 0) is 4.79 Å². The number of rotatable bonds is 7. The number of hydrogen-bond donors (Lipinski definition) is 1. The van der Waals surface area contributed by atoms with Crippen molar-refractivity contribution in [3.63, 3.8) is 0 Å². The second kappa shape index (κ2) is 8.48. The van der Waals surface area contributed by atoms with Crippen molar-refractivity contribution in [3.8, 4) is 0 Å². The molecule has 1 atom stereocenters. The first-order valence-electron chi connectivity index (χ1n) is 7.83. The maximum Gasteiger partial charge on any atom is 0.283 e. The Kier molecular flexibility index (Phi) is 6.35. The molecular weight excluding hydrogens is 354 g/mol. The highest BCUT2D eigenvalue weighted by molar-refractivity contribution is 8.00. The molecule has 7 nitrogen and oxygen atoms in total. The Labute approximate surface area is 155 Å². The van der Waals surface area contributed by atoms with Crippen molar-refractivity contribution in [3.05, 3.63) is 69.8 Å². The number of nitrogens with zero attached hydrogens (tertiary/aromatic N) is 2. The Hall–Kier alpha value is -2.87. The molecule has 0 aliphatic rings. The van der Waals surface area contributed by atoms with Gasteiger partial charge in [0.25, 0.3) is 5.69 Å². The summed E-state index contributed by atoms with van der Waals surface area (Å²) >= 11 is 1.06. The smallest absolute Gasteiger partial charge is 0.283 e. The minimum absolute atomic E-state index is 0.0461. The molecule has 0 aliphatic carbocycles. The largest absolute Gasteiger partial charge is 0.366 e. The van der Waals surface area contributed by atoms with Gasteiger partial charge in [-0.2, -0.15) is 0 Å². The summed E-state index contributed by atoms with van der Waals surface area (Å²) in [4.78, 5) is 36.2. The Bertz CT molecular complexity index is 826. The molecule has 0 aliphatic heterocycles. The summed E-state index contributed by atoms with van der Waals surface area (Å²) in [6, 6.07) is 13.5. The molecule has 0 fully saturated rings. The van der Waals surface area contributed by atoms with Crippen LogP contribution in [0, 0.1) is 10.1 Å². The fourth-order valence-corrected chi connectivity index (χ4v) is 3.28. The van der Waals surface area contributed by atoms with Gasteiger partial charge in [0.2, 0.25) is 11.8 Å². The van der Waals surface area contributed by atoms with Crippen LogP contribution in [0.4, 0.5) is 5.69 Å². The number of thioether (sulfide) groups is 1. The number of hydrogen-bond acceptors (Lipinski definition) is 5. The normalized spacial score (nSPS) is 11.6. The molecular formula is C18H19N3O4S.